The van der Waals surface area contributed by atoms with Gasteiger partial charge in [0.1, 0.15) is 5.82 Å². The van der Waals surface area contributed by atoms with Crippen molar-refractivity contribution >= 4 is 22.8 Å². The van der Waals surface area contributed by atoms with Crippen LogP contribution in [0.4, 0.5) is 0 Å². The Hall–Kier alpha value is -1.30. The zero-order chi connectivity index (χ0) is 12.3. The molecule has 1 atom stereocenters. The van der Waals surface area contributed by atoms with Crippen molar-refractivity contribution in [3.8, 4) is 0 Å². The summed E-state index contributed by atoms with van der Waals surface area (Å²) in [5.74, 6) is 1.02. The van der Waals surface area contributed by atoms with E-state index in [-0.39, 0.29) is 16.3 Å². The first-order chi connectivity index (χ1) is 8.15. The topological polar surface area (TPSA) is 66.1 Å². The Labute approximate surface area is 104 Å². The summed E-state index contributed by atoms with van der Waals surface area (Å²) < 4.78 is 0. The third kappa shape index (κ3) is 3.33. The predicted molar refractivity (Wildman–Crippen MR) is 65.5 cm³/mol. The number of hydrogen-bond acceptors (Lipinski definition) is 4. The fraction of sp³-hybridized carbons (Fsp3) is 0.545. The van der Waals surface area contributed by atoms with Crippen molar-refractivity contribution in [2.75, 3.05) is 13.1 Å². The summed E-state index contributed by atoms with van der Waals surface area (Å²) in [7, 11) is 0. The lowest BCUT2D eigenvalue weighted by Gasteiger charge is -2.15. The molecule has 1 N–H and O–H groups in total. The van der Waals surface area contributed by atoms with E-state index < -0.39 is 0 Å². The van der Waals surface area contributed by atoms with Crippen molar-refractivity contribution in [3.63, 3.8) is 0 Å². The molecule has 0 aliphatic carbocycles. The lowest BCUT2D eigenvalue weighted by Crippen LogP contribution is -2.28. The molecule has 92 valence electrons. The zero-order valence-corrected chi connectivity index (χ0v) is 10.5. The minimum absolute atomic E-state index is 0.0793. The molecular weight excluding hydrogens is 238 g/mol. The van der Waals surface area contributed by atoms with Gasteiger partial charge >= 0.3 is 0 Å². The van der Waals surface area contributed by atoms with Crippen molar-refractivity contribution in [1.29, 1.82) is 0 Å². The molecule has 1 amide bonds. The minimum Gasteiger partial charge on any atom is -0.349 e. The first-order valence-corrected chi connectivity index (χ1v) is 6.46. The first kappa shape index (κ1) is 12.2. The van der Waals surface area contributed by atoms with E-state index in [1.54, 1.807) is 19.3 Å². The molecular formula is C11H15N3O2S. The molecule has 1 aliphatic heterocycles. The van der Waals surface area contributed by atoms with Gasteiger partial charge in [0.25, 0.3) is 0 Å². The average molecular weight is 253 g/mol. The van der Waals surface area contributed by atoms with E-state index in [4.69, 9.17) is 0 Å². The number of H-pyrrole nitrogens is 1. The average Bonchev–Trinajstić information content (AvgIpc) is 2.84. The number of amides is 1. The van der Waals surface area contributed by atoms with Crippen LogP contribution >= 0.6 is 11.8 Å². The van der Waals surface area contributed by atoms with E-state index in [0.29, 0.717) is 19.5 Å². The van der Waals surface area contributed by atoms with Crippen LogP contribution in [0, 0.1) is 0 Å². The van der Waals surface area contributed by atoms with Crippen molar-refractivity contribution < 1.29 is 9.59 Å². The maximum Gasteiger partial charge on any atom is 0.223 e. The van der Waals surface area contributed by atoms with Gasteiger partial charge in [0.2, 0.25) is 5.91 Å². The maximum absolute atomic E-state index is 11.7. The number of likely N-dealkylation sites (tertiary alicyclic amines) is 1. The Bertz CT molecular complexity index is 405. The summed E-state index contributed by atoms with van der Waals surface area (Å²) >= 11 is 1.27. The highest BCUT2D eigenvalue weighted by atomic mass is 32.2. The molecule has 1 fully saturated rings. The Morgan fingerprint density at radius 3 is 3.18 bits per heavy atom. The highest BCUT2D eigenvalue weighted by Crippen LogP contribution is 2.24. The van der Waals surface area contributed by atoms with Crippen LogP contribution in [0.3, 0.4) is 0 Å². The van der Waals surface area contributed by atoms with Gasteiger partial charge in [0.05, 0.1) is 0 Å². The van der Waals surface area contributed by atoms with Crippen LogP contribution in [0.1, 0.15) is 19.2 Å². The standard InChI is InChI=1S/C11H15N3O2S/c1-8(15)17-9-6-11(16)14(7-9)5-2-10-12-3-4-13-10/h3-4,9H,2,5-7H2,1H3,(H,12,13). The van der Waals surface area contributed by atoms with Gasteiger partial charge in [-0.3, -0.25) is 9.59 Å². The van der Waals surface area contributed by atoms with E-state index >= 15 is 0 Å². The highest BCUT2D eigenvalue weighted by Gasteiger charge is 2.30. The summed E-state index contributed by atoms with van der Waals surface area (Å²) in [6.45, 7) is 2.88. The van der Waals surface area contributed by atoms with Gasteiger partial charge in [0.15, 0.2) is 5.12 Å². The summed E-state index contributed by atoms with van der Waals surface area (Å²) in [5, 5.41) is 0.201. The molecule has 2 heterocycles. The molecule has 0 aromatic carbocycles. The minimum atomic E-state index is 0.0793. The number of aromatic amines is 1. The Morgan fingerprint density at radius 2 is 2.53 bits per heavy atom. The summed E-state index contributed by atoms with van der Waals surface area (Å²) in [5.41, 5.74) is 0. The second-order valence-electron chi connectivity index (χ2n) is 4.06. The van der Waals surface area contributed by atoms with E-state index in [1.165, 1.54) is 11.8 Å². The molecule has 17 heavy (non-hydrogen) atoms. The van der Waals surface area contributed by atoms with Crippen LogP contribution in [-0.4, -0.2) is 44.2 Å². The van der Waals surface area contributed by atoms with Crippen LogP contribution in [0.5, 0.6) is 0 Å². The Kier molecular flexibility index (Phi) is 3.83. The number of nitrogens with one attached hydrogen (secondary N) is 1. The van der Waals surface area contributed by atoms with Crippen LogP contribution in [0.2, 0.25) is 0 Å². The molecule has 0 radical (unpaired) electrons. The van der Waals surface area contributed by atoms with Gasteiger partial charge in [-0.2, -0.15) is 0 Å². The molecule has 0 bridgehead atoms. The molecule has 0 spiro atoms. The zero-order valence-electron chi connectivity index (χ0n) is 9.68. The summed E-state index contributed by atoms with van der Waals surface area (Å²) in [6, 6.07) is 0. The van der Waals surface area contributed by atoms with Gasteiger partial charge in [0, 0.05) is 50.5 Å². The van der Waals surface area contributed by atoms with Crippen LogP contribution in [-0.2, 0) is 16.0 Å². The molecule has 1 saturated heterocycles. The molecule has 2 rings (SSSR count). The third-order valence-corrected chi connectivity index (χ3v) is 3.67. The Morgan fingerprint density at radius 1 is 1.71 bits per heavy atom. The SMILES string of the molecule is CC(=O)SC1CC(=O)N(CCc2ncc[nH]2)C1. The number of nitrogens with zero attached hydrogens (tertiary/aromatic N) is 2. The van der Waals surface area contributed by atoms with E-state index in [9.17, 15) is 9.59 Å². The summed E-state index contributed by atoms with van der Waals surface area (Å²) in [4.78, 5) is 31.6. The quantitative estimate of drug-likeness (QED) is 0.863. The number of aromatic nitrogens is 2. The first-order valence-electron chi connectivity index (χ1n) is 5.58. The van der Waals surface area contributed by atoms with E-state index in [0.717, 1.165) is 12.2 Å². The van der Waals surface area contributed by atoms with Crippen LogP contribution in [0.15, 0.2) is 12.4 Å². The number of thioether (sulfide) groups is 1. The number of carbonyl (C=O) groups is 2. The van der Waals surface area contributed by atoms with Gasteiger partial charge < -0.3 is 9.88 Å². The third-order valence-electron chi connectivity index (χ3n) is 2.69. The fourth-order valence-corrected chi connectivity index (χ4v) is 2.89. The smallest absolute Gasteiger partial charge is 0.223 e. The second-order valence-corrected chi connectivity index (χ2v) is 5.54. The van der Waals surface area contributed by atoms with Gasteiger partial charge in [-0.25, -0.2) is 4.98 Å². The van der Waals surface area contributed by atoms with Crippen LogP contribution < -0.4 is 0 Å². The molecule has 1 aromatic rings. The number of imidazole rings is 1. The number of hydrogen-bond donors (Lipinski definition) is 1. The molecule has 1 unspecified atom stereocenters. The second kappa shape index (κ2) is 5.35. The molecule has 5 nitrogen and oxygen atoms in total. The van der Waals surface area contributed by atoms with Crippen molar-refractivity contribution in [3.05, 3.63) is 18.2 Å². The fourth-order valence-electron chi connectivity index (χ4n) is 1.94. The maximum atomic E-state index is 11.7. The van der Waals surface area contributed by atoms with E-state index in [2.05, 4.69) is 9.97 Å². The number of carbonyl (C=O) groups excluding carboxylic acids is 2. The molecule has 1 aromatic heterocycles. The van der Waals surface area contributed by atoms with Crippen molar-refractivity contribution in [2.45, 2.75) is 25.0 Å². The lowest BCUT2D eigenvalue weighted by atomic mass is 10.4. The van der Waals surface area contributed by atoms with Crippen LogP contribution in [0.25, 0.3) is 0 Å². The van der Waals surface area contributed by atoms with Gasteiger partial charge in [-0.05, 0) is 0 Å². The Balaban J connectivity index is 1.82. The molecule has 1 aliphatic rings. The summed E-state index contributed by atoms with van der Waals surface area (Å²) in [6.07, 6.45) is 4.68. The largest absolute Gasteiger partial charge is 0.349 e. The van der Waals surface area contributed by atoms with E-state index in [1.807, 2.05) is 4.90 Å². The lowest BCUT2D eigenvalue weighted by molar-refractivity contribution is -0.127. The van der Waals surface area contributed by atoms with Crippen molar-refractivity contribution in [1.82, 2.24) is 14.9 Å². The highest BCUT2D eigenvalue weighted by molar-refractivity contribution is 8.14. The normalized spacial score (nSPS) is 19.9. The molecule has 6 heteroatoms. The number of rotatable bonds is 4. The molecule has 0 saturated carbocycles. The van der Waals surface area contributed by atoms with Crippen molar-refractivity contribution in [2.24, 2.45) is 0 Å². The monoisotopic (exact) mass is 253 g/mol. The van der Waals surface area contributed by atoms with Gasteiger partial charge in [-0.1, -0.05) is 11.8 Å². The van der Waals surface area contributed by atoms with Gasteiger partial charge in [-0.15, -0.1) is 0 Å². The predicted octanol–water partition coefficient (Wildman–Crippen LogP) is 0.833.